The second-order valence-corrected chi connectivity index (χ2v) is 3.17. The fraction of sp³-hybridized carbons (Fsp3) is 0. The molecule has 2 rings (SSSR count). The molecule has 0 aliphatic rings. The van der Waals surface area contributed by atoms with Crippen LogP contribution in [0.1, 0.15) is 10.4 Å². The van der Waals surface area contributed by atoms with Crippen LogP contribution in [0.2, 0.25) is 0 Å². The summed E-state index contributed by atoms with van der Waals surface area (Å²) in [6.45, 7) is 0. The van der Waals surface area contributed by atoms with Gasteiger partial charge in [-0.1, -0.05) is 12.1 Å². The molecule has 0 bridgehead atoms. The number of carboxylic acid groups (broad SMARTS) is 1. The summed E-state index contributed by atoms with van der Waals surface area (Å²) >= 11 is 0. The van der Waals surface area contributed by atoms with Crippen molar-refractivity contribution in [3.63, 3.8) is 0 Å². The molecule has 0 aliphatic carbocycles. The van der Waals surface area contributed by atoms with E-state index in [-0.39, 0.29) is 17.1 Å². The molecule has 0 aliphatic heterocycles. The van der Waals surface area contributed by atoms with Crippen molar-refractivity contribution in [3.8, 4) is 11.5 Å². The van der Waals surface area contributed by atoms with Gasteiger partial charge in [0.1, 0.15) is 17.1 Å². The summed E-state index contributed by atoms with van der Waals surface area (Å²) in [4.78, 5) is 10.7. The summed E-state index contributed by atoms with van der Waals surface area (Å²) in [6.07, 6.45) is 0. The highest BCUT2D eigenvalue weighted by molar-refractivity contribution is 5.99. The largest absolute Gasteiger partial charge is 0.507 e. The SMILES string of the molecule is O=C(O)c1cc2c(O)cccc2cc1O. The smallest absolute Gasteiger partial charge is 0.339 e. The van der Waals surface area contributed by atoms with Crippen LogP contribution in [0, 0.1) is 0 Å². The number of phenols is 2. The van der Waals surface area contributed by atoms with E-state index in [4.69, 9.17) is 5.11 Å². The quantitative estimate of drug-likeness (QED) is 0.663. The van der Waals surface area contributed by atoms with E-state index in [0.29, 0.717) is 10.8 Å². The van der Waals surface area contributed by atoms with Crippen molar-refractivity contribution in [2.24, 2.45) is 0 Å². The van der Waals surface area contributed by atoms with Gasteiger partial charge in [-0.05, 0) is 23.6 Å². The minimum Gasteiger partial charge on any atom is -0.507 e. The van der Waals surface area contributed by atoms with Crippen LogP contribution in [0.15, 0.2) is 30.3 Å². The van der Waals surface area contributed by atoms with E-state index >= 15 is 0 Å². The van der Waals surface area contributed by atoms with Gasteiger partial charge < -0.3 is 15.3 Å². The Morgan fingerprint density at radius 1 is 1.07 bits per heavy atom. The summed E-state index contributed by atoms with van der Waals surface area (Å²) in [5.41, 5.74) is -0.219. The number of carbonyl (C=O) groups is 1. The predicted octanol–water partition coefficient (Wildman–Crippen LogP) is 1.95. The lowest BCUT2D eigenvalue weighted by atomic mass is 10.1. The first-order chi connectivity index (χ1) is 7.09. The first-order valence-electron chi connectivity index (χ1n) is 4.27. The van der Waals surface area contributed by atoms with Crippen LogP contribution in [0.25, 0.3) is 10.8 Å². The highest BCUT2D eigenvalue weighted by Crippen LogP contribution is 2.30. The minimum absolute atomic E-state index is 0.00463. The lowest BCUT2D eigenvalue weighted by molar-refractivity contribution is 0.0694. The van der Waals surface area contributed by atoms with Crippen LogP contribution < -0.4 is 0 Å². The summed E-state index contributed by atoms with van der Waals surface area (Å²) in [7, 11) is 0. The van der Waals surface area contributed by atoms with E-state index in [9.17, 15) is 15.0 Å². The molecule has 0 unspecified atom stereocenters. The monoisotopic (exact) mass is 204 g/mol. The average Bonchev–Trinajstić information content (AvgIpc) is 2.16. The van der Waals surface area contributed by atoms with E-state index in [1.54, 1.807) is 12.1 Å². The normalized spacial score (nSPS) is 10.4. The number of aromatic hydroxyl groups is 2. The maximum Gasteiger partial charge on any atom is 0.339 e. The van der Waals surface area contributed by atoms with E-state index < -0.39 is 5.97 Å². The van der Waals surface area contributed by atoms with Gasteiger partial charge in [-0.25, -0.2) is 4.79 Å². The third-order valence-corrected chi connectivity index (χ3v) is 2.20. The van der Waals surface area contributed by atoms with E-state index in [1.165, 1.54) is 18.2 Å². The predicted molar refractivity (Wildman–Crippen MR) is 54.2 cm³/mol. The lowest BCUT2D eigenvalue weighted by Crippen LogP contribution is -1.96. The van der Waals surface area contributed by atoms with Gasteiger partial charge in [-0.3, -0.25) is 0 Å². The number of carboxylic acids is 1. The Kier molecular flexibility index (Phi) is 1.97. The molecule has 3 N–H and O–H groups in total. The summed E-state index contributed by atoms with van der Waals surface area (Å²) in [5, 5.41) is 28.7. The van der Waals surface area contributed by atoms with E-state index in [2.05, 4.69) is 0 Å². The zero-order chi connectivity index (χ0) is 11.0. The zero-order valence-corrected chi connectivity index (χ0v) is 7.64. The van der Waals surface area contributed by atoms with Crippen LogP contribution in [0.5, 0.6) is 11.5 Å². The molecule has 2 aromatic rings. The number of aromatic carboxylic acids is 1. The molecule has 76 valence electrons. The van der Waals surface area contributed by atoms with Gasteiger partial charge in [0.15, 0.2) is 0 Å². The summed E-state index contributed by atoms with van der Waals surface area (Å²) in [5.74, 6) is -1.53. The molecular formula is C11H8O4. The van der Waals surface area contributed by atoms with Crippen LogP contribution in [-0.4, -0.2) is 21.3 Å². The molecule has 0 aromatic heterocycles. The van der Waals surface area contributed by atoms with E-state index in [0.717, 1.165) is 0 Å². The zero-order valence-electron chi connectivity index (χ0n) is 7.64. The number of benzene rings is 2. The van der Waals surface area contributed by atoms with Crippen molar-refractivity contribution in [1.82, 2.24) is 0 Å². The highest BCUT2D eigenvalue weighted by atomic mass is 16.4. The number of phenolic OH excluding ortho intramolecular Hbond substituents is 1. The molecule has 4 heteroatoms. The lowest BCUT2D eigenvalue weighted by Gasteiger charge is -2.04. The standard InChI is InChI=1S/C11H8O4/c12-9-3-1-2-6-4-10(13)8(11(14)15)5-7(6)9/h1-5,12-13H,(H,14,15). The first kappa shape index (κ1) is 9.33. The van der Waals surface area contributed by atoms with Crippen molar-refractivity contribution in [3.05, 3.63) is 35.9 Å². The first-order valence-corrected chi connectivity index (χ1v) is 4.27. The fourth-order valence-electron chi connectivity index (χ4n) is 1.47. The second kappa shape index (κ2) is 3.16. The van der Waals surface area contributed by atoms with Gasteiger partial charge in [0.25, 0.3) is 0 Å². The number of fused-ring (bicyclic) bond motifs is 1. The van der Waals surface area contributed by atoms with Gasteiger partial charge in [0, 0.05) is 5.39 Å². The Morgan fingerprint density at radius 2 is 1.80 bits per heavy atom. The molecule has 2 aromatic carbocycles. The molecule has 0 spiro atoms. The molecule has 4 nitrogen and oxygen atoms in total. The minimum atomic E-state index is -1.22. The van der Waals surface area contributed by atoms with Gasteiger partial charge in [0.2, 0.25) is 0 Å². The third kappa shape index (κ3) is 1.46. The average molecular weight is 204 g/mol. The van der Waals surface area contributed by atoms with Crippen molar-refractivity contribution in [2.75, 3.05) is 0 Å². The molecule has 0 amide bonds. The maximum absolute atomic E-state index is 10.7. The van der Waals surface area contributed by atoms with Crippen molar-refractivity contribution < 1.29 is 20.1 Å². The highest BCUT2D eigenvalue weighted by Gasteiger charge is 2.11. The second-order valence-electron chi connectivity index (χ2n) is 3.17. The molecule has 0 fully saturated rings. The molecular weight excluding hydrogens is 196 g/mol. The van der Waals surface area contributed by atoms with Crippen LogP contribution in [-0.2, 0) is 0 Å². The molecule has 15 heavy (non-hydrogen) atoms. The summed E-state index contributed by atoms with van der Waals surface area (Å²) < 4.78 is 0. The van der Waals surface area contributed by atoms with Gasteiger partial charge in [-0.15, -0.1) is 0 Å². The Morgan fingerprint density at radius 3 is 2.47 bits per heavy atom. The Labute approximate surface area is 85.0 Å². The van der Waals surface area contributed by atoms with Crippen LogP contribution >= 0.6 is 0 Å². The third-order valence-electron chi connectivity index (χ3n) is 2.20. The van der Waals surface area contributed by atoms with Gasteiger partial charge in [-0.2, -0.15) is 0 Å². The maximum atomic E-state index is 10.7. The van der Waals surface area contributed by atoms with Gasteiger partial charge >= 0.3 is 5.97 Å². The molecule has 0 atom stereocenters. The Hall–Kier alpha value is -2.23. The molecule has 0 heterocycles. The fourth-order valence-corrected chi connectivity index (χ4v) is 1.47. The van der Waals surface area contributed by atoms with E-state index in [1.807, 2.05) is 0 Å². The van der Waals surface area contributed by atoms with Gasteiger partial charge in [0.05, 0.1) is 0 Å². The van der Waals surface area contributed by atoms with Crippen molar-refractivity contribution in [1.29, 1.82) is 0 Å². The Bertz CT molecular complexity index is 546. The number of rotatable bonds is 1. The van der Waals surface area contributed by atoms with Crippen LogP contribution in [0.4, 0.5) is 0 Å². The topological polar surface area (TPSA) is 77.8 Å². The van der Waals surface area contributed by atoms with Crippen LogP contribution in [0.3, 0.4) is 0 Å². The molecule has 0 saturated carbocycles. The number of hydrogen-bond acceptors (Lipinski definition) is 3. The summed E-state index contributed by atoms with van der Waals surface area (Å²) in [6, 6.07) is 7.34. The van der Waals surface area contributed by atoms with Crippen molar-refractivity contribution in [2.45, 2.75) is 0 Å². The number of hydrogen-bond donors (Lipinski definition) is 3. The van der Waals surface area contributed by atoms with Crippen molar-refractivity contribution >= 4 is 16.7 Å². The molecule has 0 saturated heterocycles. The molecule has 0 radical (unpaired) electrons. The Balaban J connectivity index is 2.83.